The van der Waals surface area contributed by atoms with E-state index < -0.39 is 5.82 Å². The average Bonchev–Trinajstić information content (AvgIpc) is 2.48. The van der Waals surface area contributed by atoms with Crippen LogP contribution in [0.5, 0.6) is 0 Å². The lowest BCUT2D eigenvalue weighted by Gasteiger charge is -2.43. The second-order valence-electron chi connectivity index (χ2n) is 5.75. The Hall–Kier alpha value is -1.64. The Morgan fingerprint density at radius 2 is 2.10 bits per heavy atom. The topological polar surface area (TPSA) is 54.3 Å². The van der Waals surface area contributed by atoms with E-state index in [9.17, 15) is 4.39 Å². The van der Waals surface area contributed by atoms with E-state index in [0.29, 0.717) is 12.3 Å². The summed E-state index contributed by atoms with van der Waals surface area (Å²) in [6, 6.07) is 6.83. The van der Waals surface area contributed by atoms with Gasteiger partial charge in [-0.25, -0.2) is 4.39 Å². The summed E-state index contributed by atoms with van der Waals surface area (Å²) in [4.78, 5) is 0. The molecule has 1 aromatic carbocycles. The van der Waals surface area contributed by atoms with Crippen LogP contribution in [0.2, 0.25) is 0 Å². The summed E-state index contributed by atoms with van der Waals surface area (Å²) in [6.45, 7) is 2.15. The molecule has 2 aliphatic rings. The van der Waals surface area contributed by atoms with Gasteiger partial charge in [0.05, 0.1) is 11.3 Å². The Kier molecular flexibility index (Phi) is 4.09. The fourth-order valence-corrected chi connectivity index (χ4v) is 3.22. The van der Waals surface area contributed by atoms with Crippen LogP contribution in [0.3, 0.4) is 0 Å². The van der Waals surface area contributed by atoms with Gasteiger partial charge in [-0.3, -0.25) is 0 Å². The molecule has 1 aromatic rings. The number of rotatable bonds is 2. The summed E-state index contributed by atoms with van der Waals surface area (Å²) in [7, 11) is 0. The maximum absolute atomic E-state index is 13.6. The van der Waals surface area contributed by atoms with E-state index in [-0.39, 0.29) is 17.2 Å². The van der Waals surface area contributed by atoms with Crippen molar-refractivity contribution in [3.05, 3.63) is 29.6 Å². The lowest BCUT2D eigenvalue weighted by Crippen LogP contribution is -2.47. The maximum Gasteiger partial charge on any atom is 0.143 e. The molecule has 1 unspecified atom stereocenters. The first-order valence-corrected chi connectivity index (χ1v) is 7.39. The zero-order valence-corrected chi connectivity index (χ0v) is 11.9. The van der Waals surface area contributed by atoms with Crippen LogP contribution < -0.4 is 5.32 Å². The molecule has 2 fully saturated rings. The molecule has 1 N–H and O–H groups in total. The van der Waals surface area contributed by atoms with Gasteiger partial charge in [0.15, 0.2) is 0 Å². The largest absolute Gasteiger partial charge is 0.381 e. The van der Waals surface area contributed by atoms with Gasteiger partial charge < -0.3 is 14.8 Å². The van der Waals surface area contributed by atoms with E-state index >= 15 is 0 Å². The highest BCUT2D eigenvalue weighted by molar-refractivity contribution is 5.58. The predicted molar refractivity (Wildman–Crippen MR) is 76.5 cm³/mol. The van der Waals surface area contributed by atoms with Crippen LogP contribution in [0.15, 0.2) is 18.2 Å². The minimum absolute atomic E-state index is 0.0880. The third-order valence-corrected chi connectivity index (χ3v) is 4.38. The van der Waals surface area contributed by atoms with Crippen LogP contribution in [0.1, 0.15) is 31.2 Å². The Morgan fingerprint density at radius 3 is 2.86 bits per heavy atom. The lowest BCUT2D eigenvalue weighted by molar-refractivity contribution is -0.135. The van der Waals surface area contributed by atoms with Crippen molar-refractivity contribution in [3.63, 3.8) is 0 Å². The molecule has 112 valence electrons. The number of benzene rings is 1. The Labute approximate surface area is 123 Å². The molecule has 2 aliphatic heterocycles. The van der Waals surface area contributed by atoms with Crippen molar-refractivity contribution in [1.82, 2.24) is 0 Å². The van der Waals surface area contributed by atoms with Crippen LogP contribution in [0.4, 0.5) is 10.1 Å². The molecule has 1 atom stereocenters. The molecule has 2 saturated heterocycles. The molecular formula is C16H19FN2O2. The van der Waals surface area contributed by atoms with Gasteiger partial charge in [0.1, 0.15) is 17.4 Å². The zero-order valence-electron chi connectivity index (χ0n) is 11.9. The predicted octanol–water partition coefficient (Wildman–Crippen LogP) is 2.84. The van der Waals surface area contributed by atoms with E-state index in [1.165, 1.54) is 6.07 Å². The Balaban J connectivity index is 1.73. The van der Waals surface area contributed by atoms with E-state index in [4.69, 9.17) is 14.7 Å². The van der Waals surface area contributed by atoms with Crippen molar-refractivity contribution in [2.75, 3.05) is 25.1 Å². The normalized spacial score (nSPS) is 24.5. The van der Waals surface area contributed by atoms with Crippen molar-refractivity contribution >= 4 is 5.69 Å². The fourth-order valence-electron chi connectivity index (χ4n) is 3.22. The quantitative estimate of drug-likeness (QED) is 0.910. The number of nitrogens with zero attached hydrogens (tertiary/aromatic N) is 1. The Morgan fingerprint density at radius 1 is 1.29 bits per heavy atom. The second kappa shape index (κ2) is 6.00. The van der Waals surface area contributed by atoms with Crippen molar-refractivity contribution in [2.24, 2.45) is 0 Å². The van der Waals surface area contributed by atoms with E-state index in [2.05, 4.69) is 5.32 Å². The molecule has 0 aliphatic carbocycles. The standard InChI is InChI=1S/C16H19FN2O2/c17-14-2-1-3-15(13(14)11-18)19-12-4-7-21-16(10-12)5-8-20-9-6-16/h1-3,12,19H,4-10H2. The molecule has 0 amide bonds. The number of nitrogens with one attached hydrogen (secondary N) is 1. The summed E-state index contributed by atoms with van der Waals surface area (Å²) in [5.74, 6) is -0.477. The highest BCUT2D eigenvalue weighted by Crippen LogP contribution is 2.35. The number of ether oxygens (including phenoxy) is 2. The first kappa shape index (κ1) is 14.3. The highest BCUT2D eigenvalue weighted by Gasteiger charge is 2.39. The van der Waals surface area contributed by atoms with Crippen LogP contribution in [0, 0.1) is 17.1 Å². The van der Waals surface area contributed by atoms with Gasteiger partial charge in [-0.15, -0.1) is 0 Å². The first-order chi connectivity index (χ1) is 10.2. The van der Waals surface area contributed by atoms with Gasteiger partial charge in [0.25, 0.3) is 0 Å². The maximum atomic E-state index is 13.6. The summed E-state index contributed by atoms with van der Waals surface area (Å²) in [6.07, 6.45) is 3.54. The first-order valence-electron chi connectivity index (χ1n) is 7.39. The molecule has 4 nitrogen and oxygen atoms in total. The monoisotopic (exact) mass is 290 g/mol. The van der Waals surface area contributed by atoms with Gasteiger partial charge in [-0.05, 0) is 37.8 Å². The minimum atomic E-state index is -0.477. The number of hydrogen-bond acceptors (Lipinski definition) is 4. The number of halogens is 1. The molecule has 0 saturated carbocycles. The lowest BCUT2D eigenvalue weighted by atomic mass is 9.84. The smallest absolute Gasteiger partial charge is 0.143 e. The third-order valence-electron chi connectivity index (χ3n) is 4.38. The van der Waals surface area contributed by atoms with Gasteiger partial charge in [-0.1, -0.05) is 6.07 Å². The van der Waals surface area contributed by atoms with Gasteiger partial charge in [-0.2, -0.15) is 5.26 Å². The Bertz CT molecular complexity index is 544. The van der Waals surface area contributed by atoms with E-state index in [1.54, 1.807) is 12.1 Å². The van der Waals surface area contributed by atoms with Crippen LogP contribution in [-0.4, -0.2) is 31.5 Å². The van der Waals surface area contributed by atoms with Crippen molar-refractivity contribution in [3.8, 4) is 6.07 Å². The summed E-state index contributed by atoms with van der Waals surface area (Å²) in [5, 5.41) is 12.4. The van der Waals surface area contributed by atoms with Crippen molar-refractivity contribution in [1.29, 1.82) is 5.26 Å². The molecule has 3 rings (SSSR count). The molecular weight excluding hydrogens is 271 g/mol. The molecule has 1 spiro atoms. The molecule has 5 heteroatoms. The third kappa shape index (κ3) is 3.02. The molecule has 0 aromatic heterocycles. The molecule has 21 heavy (non-hydrogen) atoms. The summed E-state index contributed by atoms with van der Waals surface area (Å²) in [5.41, 5.74) is 0.547. The summed E-state index contributed by atoms with van der Waals surface area (Å²) < 4.78 is 25.1. The average molecular weight is 290 g/mol. The van der Waals surface area contributed by atoms with E-state index in [1.807, 2.05) is 6.07 Å². The van der Waals surface area contributed by atoms with Crippen LogP contribution in [0.25, 0.3) is 0 Å². The number of anilines is 1. The van der Waals surface area contributed by atoms with Crippen LogP contribution >= 0.6 is 0 Å². The van der Waals surface area contributed by atoms with Crippen molar-refractivity contribution < 1.29 is 13.9 Å². The molecule has 0 radical (unpaired) electrons. The molecule has 2 heterocycles. The van der Waals surface area contributed by atoms with Gasteiger partial charge in [0.2, 0.25) is 0 Å². The number of nitriles is 1. The minimum Gasteiger partial charge on any atom is -0.381 e. The zero-order chi connectivity index (χ0) is 14.7. The number of hydrogen-bond donors (Lipinski definition) is 1. The van der Waals surface area contributed by atoms with Crippen LogP contribution in [-0.2, 0) is 9.47 Å². The van der Waals surface area contributed by atoms with E-state index in [0.717, 1.165) is 38.9 Å². The van der Waals surface area contributed by atoms with Gasteiger partial charge >= 0.3 is 0 Å². The second-order valence-corrected chi connectivity index (χ2v) is 5.75. The van der Waals surface area contributed by atoms with Crippen molar-refractivity contribution in [2.45, 2.75) is 37.3 Å². The molecule has 0 bridgehead atoms. The fraction of sp³-hybridized carbons (Fsp3) is 0.562. The van der Waals surface area contributed by atoms with Gasteiger partial charge in [0, 0.05) is 25.9 Å². The summed E-state index contributed by atoms with van der Waals surface area (Å²) >= 11 is 0. The SMILES string of the molecule is N#Cc1c(F)cccc1NC1CCOC2(CCOCC2)C1. The highest BCUT2D eigenvalue weighted by atomic mass is 19.1.